The summed E-state index contributed by atoms with van der Waals surface area (Å²) in [5.41, 5.74) is 4.71. The van der Waals surface area contributed by atoms with Crippen molar-refractivity contribution in [3.05, 3.63) is 91.0 Å². The maximum absolute atomic E-state index is 11.1. The van der Waals surface area contributed by atoms with Crippen LogP contribution >= 0.6 is 0 Å². The molecular weight excluding hydrogens is 400 g/mol. The van der Waals surface area contributed by atoms with Crippen molar-refractivity contribution in [1.29, 1.82) is 0 Å². The Kier molecular flexibility index (Phi) is 6.66. The first-order chi connectivity index (χ1) is 15.7. The quantitative estimate of drug-likeness (QED) is 0.345. The third-order valence-corrected chi connectivity index (χ3v) is 5.36. The highest BCUT2D eigenvalue weighted by molar-refractivity contribution is 5.81. The molecule has 32 heavy (non-hydrogen) atoms. The highest BCUT2D eigenvalue weighted by Crippen LogP contribution is 2.38. The van der Waals surface area contributed by atoms with E-state index in [2.05, 4.69) is 12.1 Å². The lowest BCUT2D eigenvalue weighted by Crippen LogP contribution is -2.19. The number of benzene rings is 3. The van der Waals surface area contributed by atoms with E-state index in [1.54, 1.807) is 0 Å². The highest BCUT2D eigenvalue weighted by atomic mass is 16.5. The molecule has 1 N–H and O–H groups in total. The summed E-state index contributed by atoms with van der Waals surface area (Å²) in [4.78, 5) is 16.1. The van der Waals surface area contributed by atoms with E-state index in [9.17, 15) is 4.79 Å². The third-order valence-electron chi connectivity index (χ3n) is 5.36. The zero-order valence-electron chi connectivity index (χ0n) is 18.0. The minimum atomic E-state index is -0.826. The van der Waals surface area contributed by atoms with Gasteiger partial charge in [0.25, 0.3) is 0 Å². The average molecular weight is 427 g/mol. The number of carbonyl (C=O) groups is 1. The van der Waals surface area contributed by atoms with Crippen molar-refractivity contribution in [3.8, 4) is 34.2 Å². The first kappa shape index (κ1) is 21.4. The van der Waals surface area contributed by atoms with E-state index < -0.39 is 5.97 Å². The van der Waals surface area contributed by atoms with E-state index in [-0.39, 0.29) is 12.5 Å². The maximum atomic E-state index is 11.1. The number of carboxylic acid groups (broad SMARTS) is 1. The van der Waals surface area contributed by atoms with Crippen LogP contribution in [0.15, 0.2) is 91.0 Å². The van der Waals surface area contributed by atoms with Crippen molar-refractivity contribution in [3.63, 3.8) is 0 Å². The number of imidazole rings is 1. The molecule has 1 atom stereocenters. The van der Waals surface area contributed by atoms with E-state index in [0.717, 1.165) is 28.2 Å². The lowest BCUT2D eigenvalue weighted by atomic mass is 10.0. The molecule has 0 saturated carbocycles. The summed E-state index contributed by atoms with van der Waals surface area (Å²) in [7, 11) is 0. The molecular formula is C27H26N2O3. The standard InChI is InChI=1S/C27H26N2O3/c1-2-23(18-19-24(30)31)32-27-28-25(20-12-6-3-7-13-20)26(21-14-8-4-9-15-21)29(27)22-16-10-5-11-17-22/h3-17,23H,2,18-19H2,1H3,(H,30,31). The molecule has 162 valence electrons. The fraction of sp³-hybridized carbons (Fsp3) is 0.185. The lowest BCUT2D eigenvalue weighted by Gasteiger charge is -2.18. The molecule has 5 heteroatoms. The summed E-state index contributed by atoms with van der Waals surface area (Å²) in [5.74, 6) is -0.826. The van der Waals surface area contributed by atoms with Crippen LogP contribution in [0, 0.1) is 0 Å². The van der Waals surface area contributed by atoms with Gasteiger partial charge < -0.3 is 9.84 Å². The minimum Gasteiger partial charge on any atom is -0.481 e. The number of aromatic nitrogens is 2. The van der Waals surface area contributed by atoms with Gasteiger partial charge in [0.15, 0.2) is 0 Å². The van der Waals surface area contributed by atoms with E-state index in [1.165, 1.54) is 0 Å². The molecule has 1 unspecified atom stereocenters. The largest absolute Gasteiger partial charge is 0.481 e. The molecule has 0 bridgehead atoms. The van der Waals surface area contributed by atoms with Gasteiger partial charge >= 0.3 is 12.0 Å². The molecule has 3 aromatic carbocycles. The van der Waals surface area contributed by atoms with E-state index in [0.29, 0.717) is 18.9 Å². The van der Waals surface area contributed by atoms with Crippen LogP contribution in [0.4, 0.5) is 0 Å². The van der Waals surface area contributed by atoms with E-state index in [1.807, 2.05) is 90.4 Å². The fourth-order valence-electron chi connectivity index (χ4n) is 3.73. The maximum Gasteiger partial charge on any atom is 0.303 e. The van der Waals surface area contributed by atoms with Gasteiger partial charge in [0, 0.05) is 17.5 Å². The van der Waals surface area contributed by atoms with Gasteiger partial charge in [-0.1, -0.05) is 85.8 Å². The van der Waals surface area contributed by atoms with Crippen molar-refractivity contribution in [2.24, 2.45) is 0 Å². The Labute approximate surface area is 188 Å². The molecule has 0 amide bonds. The Morgan fingerprint density at radius 3 is 2.03 bits per heavy atom. The van der Waals surface area contributed by atoms with Crippen molar-refractivity contribution in [1.82, 2.24) is 9.55 Å². The molecule has 0 spiro atoms. The normalized spacial score (nSPS) is 11.8. The van der Waals surface area contributed by atoms with Gasteiger partial charge in [-0.3, -0.25) is 9.36 Å². The number of hydrogen-bond donors (Lipinski definition) is 1. The van der Waals surface area contributed by atoms with Crippen LogP contribution in [0.2, 0.25) is 0 Å². The summed E-state index contributed by atoms with van der Waals surface area (Å²) in [6, 6.07) is 30.6. The Morgan fingerprint density at radius 2 is 1.47 bits per heavy atom. The highest BCUT2D eigenvalue weighted by Gasteiger charge is 2.24. The topological polar surface area (TPSA) is 64.3 Å². The molecule has 5 nitrogen and oxygen atoms in total. The fourth-order valence-corrected chi connectivity index (χ4v) is 3.73. The average Bonchev–Trinajstić information content (AvgIpc) is 3.22. The summed E-state index contributed by atoms with van der Waals surface area (Å²) in [6.45, 7) is 2.00. The number of nitrogens with zero attached hydrogens (tertiary/aromatic N) is 2. The monoisotopic (exact) mass is 426 g/mol. The molecule has 1 heterocycles. The van der Waals surface area contributed by atoms with Crippen molar-refractivity contribution < 1.29 is 14.6 Å². The second-order valence-electron chi connectivity index (χ2n) is 7.58. The van der Waals surface area contributed by atoms with E-state index in [4.69, 9.17) is 14.8 Å². The molecule has 0 aliphatic heterocycles. The van der Waals surface area contributed by atoms with Crippen LogP contribution in [0.1, 0.15) is 26.2 Å². The number of ether oxygens (including phenoxy) is 1. The number of hydrogen-bond acceptors (Lipinski definition) is 3. The van der Waals surface area contributed by atoms with Gasteiger partial charge in [0.1, 0.15) is 11.8 Å². The second kappa shape index (κ2) is 9.96. The van der Waals surface area contributed by atoms with Crippen LogP contribution in [0.5, 0.6) is 6.01 Å². The molecule has 4 rings (SSSR count). The molecule has 0 fully saturated rings. The van der Waals surface area contributed by atoms with Crippen LogP contribution < -0.4 is 4.74 Å². The number of para-hydroxylation sites is 1. The summed E-state index contributed by atoms with van der Waals surface area (Å²) in [6.07, 6.45) is 0.926. The van der Waals surface area contributed by atoms with Gasteiger partial charge in [-0.2, -0.15) is 4.98 Å². The van der Waals surface area contributed by atoms with Gasteiger partial charge in [0.05, 0.1) is 11.4 Å². The number of rotatable bonds is 9. The Balaban J connectivity index is 1.91. The van der Waals surface area contributed by atoms with Crippen molar-refractivity contribution in [2.45, 2.75) is 32.3 Å². The van der Waals surface area contributed by atoms with Crippen LogP contribution in [-0.4, -0.2) is 26.7 Å². The molecule has 0 saturated heterocycles. The number of aliphatic carboxylic acids is 1. The molecule has 0 aliphatic carbocycles. The van der Waals surface area contributed by atoms with Crippen molar-refractivity contribution >= 4 is 5.97 Å². The van der Waals surface area contributed by atoms with Gasteiger partial charge in [0.2, 0.25) is 0 Å². The van der Waals surface area contributed by atoms with Gasteiger partial charge in [-0.15, -0.1) is 0 Å². The SMILES string of the molecule is CCC(CCC(=O)O)Oc1nc(-c2ccccc2)c(-c2ccccc2)n1-c1ccccc1. The Morgan fingerprint density at radius 1 is 0.906 bits per heavy atom. The van der Waals surface area contributed by atoms with Crippen LogP contribution in [-0.2, 0) is 4.79 Å². The van der Waals surface area contributed by atoms with Gasteiger partial charge in [-0.25, -0.2) is 0 Å². The van der Waals surface area contributed by atoms with Crippen molar-refractivity contribution in [2.75, 3.05) is 0 Å². The summed E-state index contributed by atoms with van der Waals surface area (Å²) >= 11 is 0. The van der Waals surface area contributed by atoms with E-state index >= 15 is 0 Å². The molecule has 4 aromatic rings. The van der Waals surface area contributed by atoms with Crippen LogP contribution in [0.3, 0.4) is 0 Å². The second-order valence-corrected chi connectivity index (χ2v) is 7.58. The summed E-state index contributed by atoms with van der Waals surface area (Å²) in [5, 5.41) is 9.13. The zero-order chi connectivity index (χ0) is 22.3. The predicted molar refractivity (Wildman–Crippen MR) is 126 cm³/mol. The first-order valence-electron chi connectivity index (χ1n) is 10.8. The first-order valence-corrected chi connectivity index (χ1v) is 10.8. The third kappa shape index (κ3) is 4.72. The zero-order valence-corrected chi connectivity index (χ0v) is 18.0. The molecule has 1 aromatic heterocycles. The Bertz CT molecular complexity index is 1160. The molecule has 0 aliphatic rings. The predicted octanol–water partition coefficient (Wildman–Crippen LogP) is 6.23. The number of carboxylic acids is 1. The van der Waals surface area contributed by atoms with Gasteiger partial charge in [-0.05, 0) is 25.0 Å². The minimum absolute atomic E-state index is 0.0572. The summed E-state index contributed by atoms with van der Waals surface area (Å²) < 4.78 is 8.38. The van der Waals surface area contributed by atoms with Crippen LogP contribution in [0.25, 0.3) is 28.2 Å². The molecule has 0 radical (unpaired) electrons. The smallest absolute Gasteiger partial charge is 0.303 e. The lowest BCUT2D eigenvalue weighted by molar-refractivity contribution is -0.137. The Hall–Kier alpha value is -3.86.